The number of aryl methyl sites for hydroxylation is 1. The first-order valence-corrected chi connectivity index (χ1v) is 13.4. The smallest absolute Gasteiger partial charge is 0.262 e. The Morgan fingerprint density at radius 3 is 2.45 bits per heavy atom. The Morgan fingerprint density at radius 2 is 1.84 bits per heavy atom. The number of hydrogen-bond acceptors (Lipinski definition) is 6. The van der Waals surface area contributed by atoms with Crippen LogP contribution in [0.3, 0.4) is 0 Å². The van der Waals surface area contributed by atoms with Crippen LogP contribution in [0.4, 0.5) is 0 Å². The monoisotopic (exact) mass is 523 g/mol. The van der Waals surface area contributed by atoms with E-state index in [0.717, 1.165) is 35.8 Å². The first-order chi connectivity index (χ1) is 18.1. The second kappa shape index (κ2) is 12.1. The zero-order chi connectivity index (χ0) is 27.3. The summed E-state index contributed by atoms with van der Waals surface area (Å²) in [5.74, 6) is 0.570. The van der Waals surface area contributed by atoms with Crippen LogP contribution in [-0.4, -0.2) is 89.9 Å². The van der Waals surface area contributed by atoms with Crippen molar-refractivity contribution in [1.29, 1.82) is 0 Å². The van der Waals surface area contributed by atoms with Gasteiger partial charge in [-0.2, -0.15) is 5.10 Å². The molecule has 2 aromatic rings. The number of amides is 2. The number of methoxy groups -OCH3 is 1. The quantitative estimate of drug-likeness (QED) is 0.504. The van der Waals surface area contributed by atoms with Gasteiger partial charge in [0.15, 0.2) is 0 Å². The van der Waals surface area contributed by atoms with Crippen molar-refractivity contribution in [3.05, 3.63) is 53.9 Å². The highest BCUT2D eigenvalue weighted by molar-refractivity contribution is 6.02. The minimum absolute atomic E-state index is 0.00414. The Balaban J connectivity index is 1.56. The van der Waals surface area contributed by atoms with E-state index in [1.54, 1.807) is 17.0 Å². The van der Waals surface area contributed by atoms with Crippen LogP contribution in [0.25, 0.3) is 0 Å². The summed E-state index contributed by atoms with van der Waals surface area (Å²) in [5.41, 5.74) is 2.64. The van der Waals surface area contributed by atoms with E-state index in [1.165, 1.54) is 0 Å². The molecule has 0 bridgehead atoms. The molecule has 0 radical (unpaired) electrons. The van der Waals surface area contributed by atoms with E-state index in [1.807, 2.05) is 75.0 Å². The summed E-state index contributed by atoms with van der Waals surface area (Å²) in [6.45, 7) is 10.4. The van der Waals surface area contributed by atoms with Gasteiger partial charge in [0.1, 0.15) is 12.3 Å². The molecule has 38 heavy (non-hydrogen) atoms. The van der Waals surface area contributed by atoms with Crippen molar-refractivity contribution in [3.63, 3.8) is 0 Å². The van der Waals surface area contributed by atoms with Gasteiger partial charge in [0.2, 0.25) is 5.91 Å². The molecule has 2 aliphatic rings. The molecule has 1 aromatic heterocycles. The Hall–Kier alpha value is -3.17. The first-order valence-electron chi connectivity index (χ1n) is 13.4. The molecule has 206 valence electrons. The zero-order valence-corrected chi connectivity index (χ0v) is 23.4. The van der Waals surface area contributed by atoms with Crippen molar-refractivity contribution in [2.24, 2.45) is 17.6 Å². The lowest BCUT2D eigenvalue weighted by Crippen LogP contribution is -2.47. The van der Waals surface area contributed by atoms with Crippen molar-refractivity contribution >= 4 is 17.5 Å². The van der Waals surface area contributed by atoms with Gasteiger partial charge in [0, 0.05) is 52.3 Å². The van der Waals surface area contributed by atoms with Crippen LogP contribution >= 0.6 is 0 Å². The molecule has 1 atom stereocenters. The lowest BCUT2D eigenvalue weighted by atomic mass is 9.91. The maximum Gasteiger partial charge on any atom is 0.262 e. The zero-order valence-electron chi connectivity index (χ0n) is 23.4. The summed E-state index contributed by atoms with van der Waals surface area (Å²) in [5, 5.41) is 6.39. The molecule has 9 heteroatoms. The summed E-state index contributed by atoms with van der Waals surface area (Å²) in [6.07, 6.45) is 2.95. The third-order valence-corrected chi connectivity index (χ3v) is 7.06. The van der Waals surface area contributed by atoms with E-state index in [2.05, 4.69) is 4.90 Å². The van der Waals surface area contributed by atoms with Crippen molar-refractivity contribution in [3.8, 4) is 5.75 Å². The van der Waals surface area contributed by atoms with E-state index in [4.69, 9.17) is 14.6 Å². The number of carbonyl (C=O) groups excluding carboxylic acids is 2. The minimum Gasteiger partial charge on any atom is -0.497 e. The number of aromatic nitrogens is 1. The average Bonchev–Trinajstić information content (AvgIpc) is 3.52. The van der Waals surface area contributed by atoms with Crippen molar-refractivity contribution in [2.75, 3.05) is 53.0 Å². The Labute approximate surface area is 226 Å². The van der Waals surface area contributed by atoms with Crippen LogP contribution in [-0.2, 0) is 21.4 Å². The van der Waals surface area contributed by atoms with Gasteiger partial charge < -0.3 is 18.9 Å². The first kappa shape index (κ1) is 27.9. The number of nitrogens with zero attached hydrogens (tertiary/aromatic N) is 5. The second-order valence-corrected chi connectivity index (χ2v) is 11.3. The number of hydrogen-bond donors (Lipinski definition) is 0. The van der Waals surface area contributed by atoms with Crippen LogP contribution in [0, 0.1) is 5.41 Å². The summed E-state index contributed by atoms with van der Waals surface area (Å²) >= 11 is 0. The van der Waals surface area contributed by atoms with Gasteiger partial charge in [-0.05, 0) is 35.2 Å². The highest BCUT2D eigenvalue weighted by Gasteiger charge is 2.35. The largest absolute Gasteiger partial charge is 0.497 e. The van der Waals surface area contributed by atoms with E-state index in [9.17, 15) is 9.59 Å². The second-order valence-electron chi connectivity index (χ2n) is 11.3. The maximum absolute atomic E-state index is 13.8. The molecule has 2 amide bonds. The molecular formula is C29H41N5O4. The Kier molecular flexibility index (Phi) is 8.89. The topological polar surface area (TPSA) is 79.6 Å². The van der Waals surface area contributed by atoms with Crippen molar-refractivity contribution in [1.82, 2.24) is 19.4 Å². The van der Waals surface area contributed by atoms with Gasteiger partial charge in [-0.15, -0.1) is 0 Å². The van der Waals surface area contributed by atoms with Gasteiger partial charge in [-0.1, -0.05) is 32.9 Å². The number of benzene rings is 1. The predicted molar refractivity (Wildman–Crippen MR) is 147 cm³/mol. The lowest BCUT2D eigenvalue weighted by molar-refractivity contribution is -0.142. The molecule has 1 fully saturated rings. The van der Waals surface area contributed by atoms with Gasteiger partial charge in [-0.3, -0.25) is 14.5 Å². The fraction of sp³-hybridized carbons (Fsp3) is 0.552. The van der Waals surface area contributed by atoms with Crippen LogP contribution in [0.5, 0.6) is 5.75 Å². The molecule has 4 rings (SSSR count). The Bertz CT molecular complexity index is 1130. The molecule has 0 spiro atoms. The molecule has 0 N–H and O–H groups in total. The van der Waals surface area contributed by atoms with E-state index in [0.29, 0.717) is 39.1 Å². The molecule has 0 aliphatic carbocycles. The van der Waals surface area contributed by atoms with E-state index < -0.39 is 0 Å². The third-order valence-electron chi connectivity index (χ3n) is 7.06. The molecule has 3 heterocycles. The fourth-order valence-corrected chi connectivity index (χ4v) is 4.92. The molecule has 2 aliphatic heterocycles. The predicted octanol–water partition coefficient (Wildman–Crippen LogP) is 3.31. The normalized spacial score (nSPS) is 18.4. The molecule has 0 unspecified atom stereocenters. The van der Waals surface area contributed by atoms with E-state index >= 15 is 0 Å². The average molecular weight is 524 g/mol. The summed E-state index contributed by atoms with van der Waals surface area (Å²) in [4.78, 5) is 31.2. The number of morpholine rings is 1. The fourth-order valence-electron chi connectivity index (χ4n) is 4.92. The van der Waals surface area contributed by atoms with Crippen LogP contribution in [0.2, 0.25) is 0 Å². The summed E-state index contributed by atoms with van der Waals surface area (Å²) < 4.78 is 12.8. The lowest BCUT2D eigenvalue weighted by Gasteiger charge is -2.32. The van der Waals surface area contributed by atoms with Crippen molar-refractivity contribution in [2.45, 2.75) is 39.7 Å². The Morgan fingerprint density at radius 1 is 1.13 bits per heavy atom. The summed E-state index contributed by atoms with van der Waals surface area (Å²) in [6, 6.07) is 11.5. The highest BCUT2D eigenvalue weighted by Crippen LogP contribution is 2.34. The molecule has 9 nitrogen and oxygen atoms in total. The number of hydrazone groups is 1. The van der Waals surface area contributed by atoms with Gasteiger partial charge in [-0.25, -0.2) is 5.01 Å². The van der Waals surface area contributed by atoms with Gasteiger partial charge in [0.05, 0.1) is 37.8 Å². The van der Waals surface area contributed by atoms with Gasteiger partial charge >= 0.3 is 0 Å². The van der Waals surface area contributed by atoms with Crippen LogP contribution in [0.1, 0.15) is 50.9 Å². The van der Waals surface area contributed by atoms with Gasteiger partial charge in [0.25, 0.3) is 5.91 Å². The molecule has 1 saturated heterocycles. The van der Waals surface area contributed by atoms with Crippen molar-refractivity contribution < 1.29 is 19.1 Å². The van der Waals surface area contributed by atoms with Crippen LogP contribution < -0.4 is 4.74 Å². The third kappa shape index (κ3) is 7.02. The molecular weight excluding hydrogens is 482 g/mol. The highest BCUT2D eigenvalue weighted by atomic mass is 16.5. The standard InChI is InChI=1S/C29H41N5O4/c1-29(2,3)20-27(35)33(14-13-32-15-17-38-18-16-32)21-28(36)34-26(22-8-10-23(37-5)11-9-22)19-24(30-34)25-7-6-12-31(25)4/h6-12,26H,13-21H2,1-5H3/t26-/m0/s1. The number of carbonyl (C=O) groups is 2. The molecule has 0 saturated carbocycles. The number of ether oxygens (including phenoxy) is 2. The SMILES string of the molecule is COc1ccc([C@@H]2CC(c3cccn3C)=NN2C(=O)CN(CCN2CCOCC2)C(=O)CC(C)(C)C)cc1. The summed E-state index contributed by atoms with van der Waals surface area (Å²) in [7, 11) is 3.61. The maximum atomic E-state index is 13.8. The van der Waals surface area contributed by atoms with E-state index in [-0.39, 0.29) is 29.8 Å². The number of rotatable bonds is 9. The van der Waals surface area contributed by atoms with Crippen LogP contribution in [0.15, 0.2) is 47.7 Å². The molecule has 1 aromatic carbocycles. The minimum atomic E-state index is -0.253.